The van der Waals surface area contributed by atoms with Gasteiger partial charge in [-0.25, -0.2) is 0 Å². The number of rotatable bonds is 3. The minimum absolute atomic E-state index is 0.885. The summed E-state index contributed by atoms with van der Waals surface area (Å²) in [6, 6.07) is 39.1. The van der Waals surface area contributed by atoms with E-state index in [0.29, 0.717) is 0 Å². The van der Waals surface area contributed by atoms with E-state index < -0.39 is 23.3 Å². The lowest BCUT2D eigenvalue weighted by Crippen LogP contribution is -2.50. The Morgan fingerprint density at radius 2 is 0.872 bits per heavy atom. The molecular formula is C34H30BrOPSi2. The predicted octanol–water partition coefficient (Wildman–Crippen LogP) is 5.69. The van der Waals surface area contributed by atoms with Gasteiger partial charge in [0.2, 0.25) is 0 Å². The fourth-order valence-electron chi connectivity index (χ4n) is 6.87. The molecule has 7 rings (SSSR count). The molecule has 39 heavy (non-hydrogen) atoms. The standard InChI is InChI=1S/C34H30BrOPSi2/c1-38(2)31-11-7-5-9-27(31)29-19-17-25(21-33(29)38)37(36,24-15-13-23(35)14-16-24)26-18-20-30-28-10-6-8-12-32(28)39(3,4)34(30)22-26/h5-22H,1-4H3. The monoisotopic (exact) mass is 620 g/mol. The summed E-state index contributed by atoms with van der Waals surface area (Å²) in [6.45, 7) is 9.69. The Labute approximate surface area is 241 Å². The summed E-state index contributed by atoms with van der Waals surface area (Å²) < 4.78 is 16.7. The largest absolute Gasteiger partial charge is 0.309 e. The summed E-state index contributed by atoms with van der Waals surface area (Å²) in [4.78, 5) is 0. The van der Waals surface area contributed by atoms with Crippen LogP contribution >= 0.6 is 23.1 Å². The van der Waals surface area contributed by atoms with Gasteiger partial charge < -0.3 is 4.57 Å². The van der Waals surface area contributed by atoms with Gasteiger partial charge in [-0.2, -0.15) is 0 Å². The smallest absolute Gasteiger partial charge is 0.171 e. The lowest BCUT2D eigenvalue weighted by Gasteiger charge is -2.25. The molecule has 5 heteroatoms. The summed E-state index contributed by atoms with van der Waals surface area (Å²) in [7, 11) is -6.95. The highest BCUT2D eigenvalue weighted by Gasteiger charge is 2.41. The Bertz CT molecular complexity index is 1750. The number of hydrogen-bond acceptors (Lipinski definition) is 1. The topological polar surface area (TPSA) is 17.1 Å². The second-order valence-electron chi connectivity index (χ2n) is 11.9. The van der Waals surface area contributed by atoms with E-state index in [1.165, 1.54) is 43.0 Å². The molecule has 0 spiro atoms. The molecule has 0 amide bonds. The summed E-state index contributed by atoms with van der Waals surface area (Å²) in [5.74, 6) is 0. The number of fused-ring (bicyclic) bond motifs is 6. The van der Waals surface area contributed by atoms with E-state index >= 15 is 4.57 Å². The molecule has 2 aliphatic rings. The van der Waals surface area contributed by atoms with Crippen LogP contribution in [0.2, 0.25) is 26.2 Å². The maximum Gasteiger partial charge on any atom is 0.171 e. The van der Waals surface area contributed by atoms with Gasteiger partial charge in [-0.3, -0.25) is 0 Å². The Kier molecular flexibility index (Phi) is 5.58. The molecule has 0 saturated carbocycles. The summed E-state index contributed by atoms with van der Waals surface area (Å²) in [6.07, 6.45) is 0. The molecule has 2 aliphatic heterocycles. The van der Waals surface area contributed by atoms with Crippen molar-refractivity contribution in [2.45, 2.75) is 26.2 Å². The van der Waals surface area contributed by atoms with Gasteiger partial charge in [-0.1, -0.05) is 127 Å². The van der Waals surface area contributed by atoms with Crippen LogP contribution in [-0.4, -0.2) is 16.1 Å². The van der Waals surface area contributed by atoms with Gasteiger partial charge in [-0.05, 0) is 67.3 Å². The van der Waals surface area contributed by atoms with Crippen molar-refractivity contribution in [3.63, 3.8) is 0 Å². The number of halogens is 1. The van der Waals surface area contributed by atoms with Gasteiger partial charge in [0, 0.05) is 20.4 Å². The summed E-state index contributed by atoms with van der Waals surface area (Å²) in [5.41, 5.74) is 5.31. The van der Waals surface area contributed by atoms with Gasteiger partial charge >= 0.3 is 0 Å². The molecule has 0 aliphatic carbocycles. The van der Waals surface area contributed by atoms with Crippen LogP contribution in [0, 0.1) is 0 Å². The molecule has 1 nitrogen and oxygen atoms in total. The van der Waals surface area contributed by atoms with Crippen LogP contribution in [-0.2, 0) is 4.57 Å². The molecule has 0 atom stereocenters. The zero-order valence-electron chi connectivity index (χ0n) is 22.6. The first-order valence-corrected chi connectivity index (χ1v) is 22.0. The highest BCUT2D eigenvalue weighted by atomic mass is 79.9. The quantitative estimate of drug-likeness (QED) is 0.187. The fraction of sp³-hybridized carbons (Fsp3) is 0.118. The van der Waals surface area contributed by atoms with Crippen LogP contribution in [0.4, 0.5) is 0 Å². The lowest BCUT2D eigenvalue weighted by atomic mass is 10.1. The van der Waals surface area contributed by atoms with E-state index in [1.807, 2.05) is 24.3 Å². The van der Waals surface area contributed by atoms with Gasteiger partial charge in [0.05, 0.1) is 0 Å². The van der Waals surface area contributed by atoms with Crippen molar-refractivity contribution in [2.24, 2.45) is 0 Å². The van der Waals surface area contributed by atoms with E-state index in [0.717, 1.165) is 20.4 Å². The first kappa shape index (κ1) is 25.2. The fourth-order valence-corrected chi connectivity index (χ4v) is 16.2. The van der Waals surface area contributed by atoms with E-state index in [4.69, 9.17) is 0 Å². The minimum atomic E-state index is -3.14. The maximum absolute atomic E-state index is 15.7. The molecule has 5 aromatic rings. The third-order valence-electron chi connectivity index (χ3n) is 9.05. The molecule has 5 aromatic carbocycles. The third kappa shape index (κ3) is 3.52. The predicted molar refractivity (Wildman–Crippen MR) is 178 cm³/mol. The van der Waals surface area contributed by atoms with E-state index in [1.54, 1.807) is 0 Å². The Balaban J connectivity index is 1.47. The van der Waals surface area contributed by atoms with Crippen LogP contribution in [0.15, 0.2) is 114 Å². The Hall–Kier alpha value is -2.76. The van der Waals surface area contributed by atoms with E-state index in [9.17, 15) is 0 Å². The Morgan fingerprint density at radius 3 is 1.33 bits per heavy atom. The number of benzene rings is 5. The van der Waals surface area contributed by atoms with Crippen LogP contribution in [0.3, 0.4) is 0 Å². The first-order valence-electron chi connectivity index (χ1n) is 13.5. The summed E-state index contributed by atoms with van der Waals surface area (Å²) in [5, 5.41) is 8.48. The normalized spacial score (nSPS) is 15.8. The van der Waals surface area contributed by atoms with E-state index in [2.05, 4.69) is 127 Å². The second kappa shape index (κ2) is 8.62. The summed E-state index contributed by atoms with van der Waals surface area (Å²) >= 11 is 3.59. The SMILES string of the molecule is C[Si]1(C)c2ccccc2-c2ccc(P(=O)(c3ccc(Br)cc3)c3ccc4c(c3)[Si](C)(C)c3ccccc3-4)cc21. The lowest BCUT2D eigenvalue weighted by molar-refractivity contribution is 0.592. The molecule has 2 heterocycles. The van der Waals surface area contributed by atoms with Gasteiger partial charge in [0.1, 0.15) is 16.1 Å². The van der Waals surface area contributed by atoms with Crippen LogP contribution in [0.5, 0.6) is 0 Å². The zero-order chi connectivity index (χ0) is 27.2. The maximum atomic E-state index is 15.7. The van der Waals surface area contributed by atoms with Crippen LogP contribution in [0.1, 0.15) is 0 Å². The van der Waals surface area contributed by atoms with E-state index in [-0.39, 0.29) is 0 Å². The van der Waals surface area contributed by atoms with Crippen molar-refractivity contribution in [1.29, 1.82) is 0 Å². The average Bonchev–Trinajstić information content (AvgIpc) is 3.32. The molecule has 192 valence electrons. The van der Waals surface area contributed by atoms with Crippen molar-refractivity contribution in [3.8, 4) is 22.3 Å². The zero-order valence-corrected chi connectivity index (χ0v) is 27.1. The molecule has 0 N–H and O–H groups in total. The van der Waals surface area contributed by atoms with Gasteiger partial charge in [-0.15, -0.1) is 0 Å². The minimum Gasteiger partial charge on any atom is -0.309 e. The highest BCUT2D eigenvalue weighted by molar-refractivity contribution is 9.10. The van der Waals surface area contributed by atoms with Crippen molar-refractivity contribution in [1.82, 2.24) is 0 Å². The van der Waals surface area contributed by atoms with Crippen molar-refractivity contribution < 1.29 is 4.57 Å². The van der Waals surface area contributed by atoms with Crippen LogP contribution < -0.4 is 36.7 Å². The molecule has 0 aromatic heterocycles. The second-order valence-corrected chi connectivity index (χ2v) is 24.2. The van der Waals surface area contributed by atoms with Crippen molar-refractivity contribution in [3.05, 3.63) is 114 Å². The molecule has 0 fully saturated rings. The molecule has 0 bridgehead atoms. The van der Waals surface area contributed by atoms with Gasteiger partial charge in [0.25, 0.3) is 0 Å². The number of hydrogen-bond donors (Lipinski definition) is 0. The molecule has 0 radical (unpaired) electrons. The molecule has 0 unspecified atom stereocenters. The average molecular weight is 622 g/mol. The highest BCUT2D eigenvalue weighted by Crippen LogP contribution is 2.44. The van der Waals surface area contributed by atoms with Crippen molar-refractivity contribution in [2.75, 3.05) is 0 Å². The first-order chi connectivity index (χ1) is 18.6. The third-order valence-corrected chi connectivity index (χ3v) is 19.7. The van der Waals surface area contributed by atoms with Crippen LogP contribution in [0.25, 0.3) is 22.3 Å². The van der Waals surface area contributed by atoms with Gasteiger partial charge in [0.15, 0.2) is 7.14 Å². The Morgan fingerprint density at radius 1 is 0.487 bits per heavy atom. The molecular weight excluding hydrogens is 591 g/mol. The van der Waals surface area contributed by atoms with Crippen molar-refractivity contribution >= 4 is 75.9 Å². The molecule has 0 saturated heterocycles.